The zero-order valence-corrected chi connectivity index (χ0v) is 9.99. The Morgan fingerprint density at radius 2 is 2.00 bits per heavy atom. The monoisotopic (exact) mass is 217 g/mol. The Balaban J connectivity index is 2.42. The normalized spacial score (nSPS) is 11.4. The van der Waals surface area contributed by atoms with Crippen molar-refractivity contribution >= 4 is 0 Å². The molecule has 0 aliphatic carbocycles. The molecule has 0 aliphatic rings. The van der Waals surface area contributed by atoms with Gasteiger partial charge in [-0.05, 0) is 37.5 Å². The van der Waals surface area contributed by atoms with Crippen LogP contribution in [-0.2, 0) is 6.42 Å². The van der Waals surface area contributed by atoms with Gasteiger partial charge >= 0.3 is 0 Å². The molecule has 0 spiro atoms. The van der Waals surface area contributed by atoms with E-state index >= 15 is 0 Å². The van der Waals surface area contributed by atoms with Crippen LogP contribution in [0.4, 0.5) is 0 Å². The summed E-state index contributed by atoms with van der Waals surface area (Å²) >= 11 is 0. The van der Waals surface area contributed by atoms with Crippen LogP contribution < -0.4 is 10.5 Å². The van der Waals surface area contributed by atoms with Crippen LogP contribution in [0.3, 0.4) is 0 Å². The Hall–Kier alpha value is -1.46. The van der Waals surface area contributed by atoms with Crippen molar-refractivity contribution in [3.8, 4) is 17.6 Å². The van der Waals surface area contributed by atoms with Crippen LogP contribution >= 0.6 is 0 Å². The summed E-state index contributed by atoms with van der Waals surface area (Å²) in [4.78, 5) is 0. The highest BCUT2D eigenvalue weighted by molar-refractivity contribution is 5.27. The van der Waals surface area contributed by atoms with Crippen molar-refractivity contribution in [3.63, 3.8) is 0 Å². The first kappa shape index (κ1) is 12.6. The highest BCUT2D eigenvalue weighted by atomic mass is 16.5. The fraction of sp³-hybridized carbons (Fsp3) is 0.429. The Kier molecular flexibility index (Phi) is 5.45. The van der Waals surface area contributed by atoms with Crippen LogP contribution in [0, 0.1) is 11.8 Å². The molecule has 0 saturated heterocycles. The SMILES string of the molecule is CC#CCCC(N)Cc1ccc(OC)cc1. The number of hydrogen-bond acceptors (Lipinski definition) is 2. The molecule has 0 amide bonds. The largest absolute Gasteiger partial charge is 0.497 e. The molecular weight excluding hydrogens is 198 g/mol. The van der Waals surface area contributed by atoms with Crippen molar-refractivity contribution < 1.29 is 4.74 Å². The lowest BCUT2D eigenvalue weighted by atomic mass is 10.0. The molecule has 1 aromatic carbocycles. The lowest BCUT2D eigenvalue weighted by Gasteiger charge is -2.10. The summed E-state index contributed by atoms with van der Waals surface area (Å²) in [6.07, 6.45) is 2.73. The number of hydrogen-bond donors (Lipinski definition) is 1. The summed E-state index contributed by atoms with van der Waals surface area (Å²) in [5, 5.41) is 0. The molecule has 1 rings (SSSR count). The lowest BCUT2D eigenvalue weighted by molar-refractivity contribution is 0.414. The van der Waals surface area contributed by atoms with E-state index < -0.39 is 0 Å². The highest BCUT2D eigenvalue weighted by Crippen LogP contribution is 2.13. The second kappa shape index (κ2) is 6.92. The average Bonchev–Trinajstić information content (AvgIpc) is 2.30. The maximum Gasteiger partial charge on any atom is 0.118 e. The van der Waals surface area contributed by atoms with Crippen LogP contribution in [0.5, 0.6) is 5.75 Å². The predicted molar refractivity (Wildman–Crippen MR) is 67.4 cm³/mol. The van der Waals surface area contributed by atoms with E-state index in [1.54, 1.807) is 7.11 Å². The van der Waals surface area contributed by atoms with Crippen LogP contribution in [0.2, 0.25) is 0 Å². The topological polar surface area (TPSA) is 35.2 Å². The second-order valence-corrected chi connectivity index (χ2v) is 3.78. The second-order valence-electron chi connectivity index (χ2n) is 3.78. The quantitative estimate of drug-likeness (QED) is 0.768. The molecule has 1 aromatic rings. The third kappa shape index (κ3) is 4.37. The lowest BCUT2D eigenvalue weighted by Crippen LogP contribution is -2.22. The van der Waals surface area contributed by atoms with Gasteiger partial charge in [-0.2, -0.15) is 0 Å². The molecular formula is C14H19NO. The smallest absolute Gasteiger partial charge is 0.118 e. The van der Waals surface area contributed by atoms with E-state index in [1.807, 2.05) is 19.1 Å². The first-order valence-corrected chi connectivity index (χ1v) is 5.54. The van der Waals surface area contributed by atoms with Crippen molar-refractivity contribution in [2.45, 2.75) is 32.2 Å². The Labute approximate surface area is 97.8 Å². The van der Waals surface area contributed by atoms with Gasteiger partial charge in [0.25, 0.3) is 0 Å². The molecule has 2 N–H and O–H groups in total. The first-order valence-electron chi connectivity index (χ1n) is 5.54. The number of ether oxygens (including phenoxy) is 1. The highest BCUT2D eigenvalue weighted by Gasteiger charge is 2.03. The number of nitrogens with two attached hydrogens (primary N) is 1. The molecule has 0 radical (unpaired) electrons. The van der Waals surface area contributed by atoms with Gasteiger partial charge in [-0.25, -0.2) is 0 Å². The van der Waals surface area contributed by atoms with Crippen LogP contribution in [-0.4, -0.2) is 13.2 Å². The van der Waals surface area contributed by atoms with Crippen molar-refractivity contribution in [1.82, 2.24) is 0 Å². The van der Waals surface area contributed by atoms with Crippen molar-refractivity contribution in [1.29, 1.82) is 0 Å². The zero-order chi connectivity index (χ0) is 11.8. The predicted octanol–water partition coefficient (Wildman–Crippen LogP) is 2.37. The average molecular weight is 217 g/mol. The third-order valence-electron chi connectivity index (χ3n) is 2.47. The van der Waals surface area contributed by atoms with Crippen molar-refractivity contribution in [3.05, 3.63) is 29.8 Å². The fourth-order valence-electron chi connectivity index (χ4n) is 1.55. The summed E-state index contributed by atoms with van der Waals surface area (Å²) in [6.45, 7) is 1.86. The minimum Gasteiger partial charge on any atom is -0.497 e. The molecule has 0 bridgehead atoms. The molecule has 86 valence electrons. The summed E-state index contributed by atoms with van der Waals surface area (Å²) in [6, 6.07) is 8.24. The fourth-order valence-corrected chi connectivity index (χ4v) is 1.55. The standard InChI is InChI=1S/C14H19NO/c1-3-4-5-6-13(15)11-12-7-9-14(16-2)10-8-12/h7-10,13H,5-6,11,15H2,1-2H3. The maximum absolute atomic E-state index is 6.02. The summed E-state index contributed by atoms with van der Waals surface area (Å²) in [5.41, 5.74) is 7.27. The third-order valence-corrected chi connectivity index (χ3v) is 2.47. The molecule has 0 aromatic heterocycles. The van der Waals surface area contributed by atoms with Crippen molar-refractivity contribution in [2.75, 3.05) is 7.11 Å². The summed E-state index contributed by atoms with van der Waals surface area (Å²) < 4.78 is 5.10. The van der Waals surface area contributed by atoms with Crippen LogP contribution in [0.25, 0.3) is 0 Å². The van der Waals surface area contributed by atoms with Gasteiger partial charge in [0.1, 0.15) is 5.75 Å². The molecule has 2 heteroatoms. The van der Waals surface area contributed by atoms with Gasteiger partial charge in [0.05, 0.1) is 7.11 Å². The van der Waals surface area contributed by atoms with E-state index in [0.29, 0.717) is 0 Å². The molecule has 1 atom stereocenters. The molecule has 1 unspecified atom stereocenters. The molecule has 2 nitrogen and oxygen atoms in total. The van der Waals surface area contributed by atoms with Gasteiger partial charge in [-0.1, -0.05) is 12.1 Å². The van der Waals surface area contributed by atoms with E-state index in [9.17, 15) is 0 Å². The van der Waals surface area contributed by atoms with Gasteiger partial charge in [-0.3, -0.25) is 0 Å². The number of benzene rings is 1. The van der Waals surface area contributed by atoms with E-state index in [-0.39, 0.29) is 6.04 Å². The van der Waals surface area contributed by atoms with E-state index in [0.717, 1.165) is 25.0 Å². The van der Waals surface area contributed by atoms with E-state index in [2.05, 4.69) is 24.0 Å². The summed E-state index contributed by atoms with van der Waals surface area (Å²) in [5.74, 6) is 6.80. The van der Waals surface area contributed by atoms with Gasteiger partial charge in [0, 0.05) is 12.5 Å². The van der Waals surface area contributed by atoms with E-state index in [1.165, 1.54) is 5.56 Å². The first-order chi connectivity index (χ1) is 7.76. The number of rotatable bonds is 5. The minimum absolute atomic E-state index is 0.189. The van der Waals surface area contributed by atoms with Gasteiger partial charge in [0.2, 0.25) is 0 Å². The van der Waals surface area contributed by atoms with Gasteiger partial charge in [0.15, 0.2) is 0 Å². The summed E-state index contributed by atoms with van der Waals surface area (Å²) in [7, 11) is 1.67. The van der Waals surface area contributed by atoms with Crippen molar-refractivity contribution in [2.24, 2.45) is 5.73 Å². The molecule has 0 aliphatic heterocycles. The molecule has 0 fully saturated rings. The van der Waals surface area contributed by atoms with Gasteiger partial charge < -0.3 is 10.5 Å². The Bertz CT molecular complexity index is 359. The number of methoxy groups -OCH3 is 1. The minimum atomic E-state index is 0.189. The van der Waals surface area contributed by atoms with E-state index in [4.69, 9.17) is 10.5 Å². The zero-order valence-electron chi connectivity index (χ0n) is 9.99. The maximum atomic E-state index is 6.02. The van der Waals surface area contributed by atoms with Crippen LogP contribution in [0.1, 0.15) is 25.3 Å². The Morgan fingerprint density at radius 3 is 2.56 bits per heavy atom. The molecule has 16 heavy (non-hydrogen) atoms. The molecule has 0 saturated carbocycles. The Morgan fingerprint density at radius 1 is 1.31 bits per heavy atom. The van der Waals surface area contributed by atoms with Crippen LogP contribution in [0.15, 0.2) is 24.3 Å². The molecule has 0 heterocycles. The van der Waals surface area contributed by atoms with Gasteiger partial charge in [-0.15, -0.1) is 11.8 Å².